The second-order valence-electron chi connectivity index (χ2n) is 4.59. The first-order chi connectivity index (χ1) is 9.83. The molecule has 0 fully saturated rings. The van der Waals surface area contributed by atoms with E-state index in [0.29, 0.717) is 11.6 Å². The SMILES string of the molecule is Fc1cc(F)cc(NC(CC(F)(F)F)c2ccccc2)c1. The minimum Gasteiger partial charge on any atom is -0.378 e. The maximum atomic E-state index is 13.1. The maximum Gasteiger partial charge on any atom is 0.391 e. The average molecular weight is 301 g/mol. The van der Waals surface area contributed by atoms with E-state index in [1.165, 1.54) is 12.1 Å². The van der Waals surface area contributed by atoms with Gasteiger partial charge in [0.2, 0.25) is 0 Å². The largest absolute Gasteiger partial charge is 0.391 e. The van der Waals surface area contributed by atoms with Gasteiger partial charge >= 0.3 is 6.18 Å². The first-order valence-electron chi connectivity index (χ1n) is 6.18. The lowest BCUT2D eigenvalue weighted by atomic mass is 10.0. The van der Waals surface area contributed by atoms with Crippen LogP contribution in [-0.2, 0) is 0 Å². The number of anilines is 1. The number of hydrogen-bond acceptors (Lipinski definition) is 1. The fourth-order valence-electron chi connectivity index (χ4n) is 2.01. The van der Waals surface area contributed by atoms with Crippen molar-refractivity contribution in [2.45, 2.75) is 18.6 Å². The monoisotopic (exact) mass is 301 g/mol. The van der Waals surface area contributed by atoms with Gasteiger partial charge in [-0.1, -0.05) is 30.3 Å². The summed E-state index contributed by atoms with van der Waals surface area (Å²) in [5, 5.41) is 2.53. The summed E-state index contributed by atoms with van der Waals surface area (Å²) in [6.45, 7) is 0. The molecule has 0 aromatic heterocycles. The maximum absolute atomic E-state index is 13.1. The predicted octanol–water partition coefficient (Wildman–Crippen LogP) is 5.07. The molecule has 0 amide bonds. The Morgan fingerprint density at radius 3 is 2.00 bits per heavy atom. The molecular weight excluding hydrogens is 289 g/mol. The summed E-state index contributed by atoms with van der Waals surface area (Å²) in [7, 11) is 0. The van der Waals surface area contributed by atoms with E-state index >= 15 is 0 Å². The van der Waals surface area contributed by atoms with Gasteiger partial charge in [-0.25, -0.2) is 8.78 Å². The fourth-order valence-corrected chi connectivity index (χ4v) is 2.01. The summed E-state index contributed by atoms with van der Waals surface area (Å²) >= 11 is 0. The van der Waals surface area contributed by atoms with Crippen molar-refractivity contribution in [3.05, 3.63) is 65.7 Å². The van der Waals surface area contributed by atoms with Crippen molar-refractivity contribution in [3.8, 4) is 0 Å². The van der Waals surface area contributed by atoms with Crippen molar-refractivity contribution in [2.24, 2.45) is 0 Å². The van der Waals surface area contributed by atoms with E-state index in [0.717, 1.165) is 12.1 Å². The van der Waals surface area contributed by atoms with E-state index in [4.69, 9.17) is 0 Å². The lowest BCUT2D eigenvalue weighted by Gasteiger charge is -2.22. The number of hydrogen-bond donors (Lipinski definition) is 1. The summed E-state index contributed by atoms with van der Waals surface area (Å²) in [4.78, 5) is 0. The highest BCUT2D eigenvalue weighted by molar-refractivity contribution is 5.46. The topological polar surface area (TPSA) is 12.0 Å². The molecule has 1 N–H and O–H groups in total. The quantitative estimate of drug-likeness (QED) is 0.777. The predicted molar refractivity (Wildman–Crippen MR) is 69.8 cm³/mol. The van der Waals surface area contributed by atoms with Gasteiger partial charge in [0, 0.05) is 11.8 Å². The summed E-state index contributed by atoms with van der Waals surface area (Å²) < 4.78 is 64.2. The molecule has 2 aromatic carbocycles. The van der Waals surface area contributed by atoms with Crippen LogP contribution < -0.4 is 5.32 Å². The first kappa shape index (κ1) is 15.3. The van der Waals surface area contributed by atoms with Gasteiger partial charge in [0.05, 0.1) is 12.5 Å². The van der Waals surface area contributed by atoms with Gasteiger partial charge in [0.15, 0.2) is 0 Å². The Morgan fingerprint density at radius 1 is 0.905 bits per heavy atom. The Morgan fingerprint density at radius 2 is 1.48 bits per heavy atom. The van der Waals surface area contributed by atoms with Crippen LogP contribution in [0.4, 0.5) is 27.6 Å². The zero-order chi connectivity index (χ0) is 15.5. The van der Waals surface area contributed by atoms with Crippen LogP contribution in [-0.4, -0.2) is 6.18 Å². The Bertz CT molecular complexity index is 575. The van der Waals surface area contributed by atoms with Crippen LogP contribution in [0.25, 0.3) is 0 Å². The van der Waals surface area contributed by atoms with E-state index in [1.54, 1.807) is 18.2 Å². The van der Waals surface area contributed by atoms with Crippen LogP contribution >= 0.6 is 0 Å². The number of nitrogens with one attached hydrogen (secondary N) is 1. The zero-order valence-corrected chi connectivity index (χ0v) is 10.8. The molecule has 0 radical (unpaired) electrons. The average Bonchev–Trinajstić information content (AvgIpc) is 2.36. The molecule has 2 aromatic rings. The van der Waals surface area contributed by atoms with Gasteiger partial charge in [0.25, 0.3) is 0 Å². The van der Waals surface area contributed by atoms with E-state index in [2.05, 4.69) is 5.32 Å². The third kappa shape index (κ3) is 4.73. The van der Waals surface area contributed by atoms with Gasteiger partial charge in [-0.05, 0) is 17.7 Å². The summed E-state index contributed by atoms with van der Waals surface area (Å²) in [5.41, 5.74) is 0.352. The molecule has 0 saturated carbocycles. The van der Waals surface area contributed by atoms with Gasteiger partial charge in [-0.2, -0.15) is 13.2 Å². The minimum atomic E-state index is -4.40. The van der Waals surface area contributed by atoms with Crippen molar-refractivity contribution in [2.75, 3.05) is 5.32 Å². The molecule has 0 spiro atoms. The Hall–Kier alpha value is -2.11. The van der Waals surface area contributed by atoms with Crippen molar-refractivity contribution in [1.82, 2.24) is 0 Å². The standard InChI is InChI=1S/C15H12F5N/c16-11-6-12(17)8-13(7-11)21-14(9-15(18,19)20)10-4-2-1-3-5-10/h1-8,14,21H,9H2. The molecule has 2 rings (SSSR count). The van der Waals surface area contributed by atoms with Crippen molar-refractivity contribution in [1.29, 1.82) is 0 Å². The minimum absolute atomic E-state index is 0.0365. The molecule has 1 unspecified atom stereocenters. The molecular formula is C15H12F5N. The zero-order valence-electron chi connectivity index (χ0n) is 10.8. The number of rotatable bonds is 4. The lowest BCUT2D eigenvalue weighted by molar-refractivity contribution is -0.137. The fraction of sp³-hybridized carbons (Fsp3) is 0.200. The van der Waals surface area contributed by atoms with Crippen LogP contribution in [0.5, 0.6) is 0 Å². The van der Waals surface area contributed by atoms with Crippen LogP contribution in [0.1, 0.15) is 18.0 Å². The van der Waals surface area contributed by atoms with Gasteiger partial charge in [-0.15, -0.1) is 0 Å². The Balaban J connectivity index is 2.27. The van der Waals surface area contributed by atoms with Crippen molar-refractivity contribution in [3.63, 3.8) is 0 Å². The normalized spacial score (nSPS) is 13.0. The third-order valence-electron chi connectivity index (χ3n) is 2.84. The molecule has 1 nitrogen and oxygen atoms in total. The van der Waals surface area contributed by atoms with Crippen molar-refractivity contribution >= 4 is 5.69 Å². The molecule has 0 saturated heterocycles. The molecule has 0 bridgehead atoms. The van der Waals surface area contributed by atoms with E-state index in [-0.39, 0.29) is 5.69 Å². The van der Waals surface area contributed by atoms with Gasteiger partial charge in [-0.3, -0.25) is 0 Å². The molecule has 0 heterocycles. The lowest BCUT2D eigenvalue weighted by Crippen LogP contribution is -2.20. The van der Waals surface area contributed by atoms with Gasteiger partial charge in [0.1, 0.15) is 11.6 Å². The highest BCUT2D eigenvalue weighted by atomic mass is 19.4. The summed E-state index contributed by atoms with van der Waals surface area (Å²) in [6.07, 6.45) is -5.55. The number of benzene rings is 2. The molecule has 0 aliphatic rings. The van der Waals surface area contributed by atoms with E-state index < -0.39 is 30.3 Å². The second kappa shape index (κ2) is 6.11. The van der Waals surface area contributed by atoms with E-state index in [9.17, 15) is 22.0 Å². The second-order valence-corrected chi connectivity index (χ2v) is 4.59. The molecule has 21 heavy (non-hydrogen) atoms. The highest BCUT2D eigenvalue weighted by Crippen LogP contribution is 2.32. The molecule has 112 valence electrons. The highest BCUT2D eigenvalue weighted by Gasteiger charge is 2.32. The van der Waals surface area contributed by atoms with Crippen LogP contribution in [0.15, 0.2) is 48.5 Å². The molecule has 6 heteroatoms. The first-order valence-corrected chi connectivity index (χ1v) is 6.18. The van der Waals surface area contributed by atoms with Crippen molar-refractivity contribution < 1.29 is 22.0 Å². The van der Waals surface area contributed by atoms with Crippen LogP contribution in [0.2, 0.25) is 0 Å². The number of halogens is 5. The van der Waals surface area contributed by atoms with Crippen LogP contribution in [0.3, 0.4) is 0 Å². The van der Waals surface area contributed by atoms with Gasteiger partial charge < -0.3 is 5.32 Å². The molecule has 0 aliphatic heterocycles. The van der Waals surface area contributed by atoms with E-state index in [1.807, 2.05) is 0 Å². The number of alkyl halides is 3. The Kier molecular flexibility index (Phi) is 4.45. The third-order valence-corrected chi connectivity index (χ3v) is 2.84. The smallest absolute Gasteiger partial charge is 0.378 e. The summed E-state index contributed by atoms with van der Waals surface area (Å²) in [5.74, 6) is -1.70. The summed E-state index contributed by atoms with van der Waals surface area (Å²) in [6, 6.07) is 9.39. The molecule has 1 atom stereocenters. The Labute approximate surface area is 118 Å². The van der Waals surface area contributed by atoms with Crippen LogP contribution in [0, 0.1) is 11.6 Å². The molecule has 0 aliphatic carbocycles.